The van der Waals surface area contributed by atoms with E-state index < -0.39 is 6.11 Å². The predicted molar refractivity (Wildman–Crippen MR) is 230 cm³/mol. The van der Waals surface area contributed by atoms with Crippen LogP contribution >= 0.6 is 0 Å². The zero-order chi connectivity index (χ0) is 41.2. The van der Waals surface area contributed by atoms with Crippen LogP contribution in [0.15, 0.2) is 24.3 Å². The van der Waals surface area contributed by atoms with Gasteiger partial charge in [0.2, 0.25) is 0 Å². The van der Waals surface area contributed by atoms with Crippen LogP contribution in [0.25, 0.3) is 5.69 Å². The maximum atomic E-state index is 13.3. The minimum absolute atomic E-state index is 0.228. The van der Waals surface area contributed by atoms with E-state index in [1.54, 1.807) is 10.7 Å². The lowest BCUT2D eigenvalue weighted by molar-refractivity contribution is -0.159. The van der Waals surface area contributed by atoms with Crippen molar-refractivity contribution in [2.75, 3.05) is 0 Å². The number of aromatic nitrogens is 2. The molecule has 0 saturated heterocycles. The van der Waals surface area contributed by atoms with Crippen LogP contribution in [0.5, 0.6) is 5.75 Å². The standard InChI is InChI=1S/C17H22F2N2O.C9H20.C7H16.3C4H10.CH2O/c1-5-6-7-14-8-9-15(11-16(14)22-17(4,18)19)21-13(3)10-12(2)20-21;1-4-6-7-8-9(3)5-2;1-3-5-7-6-4-2;3*1-3-4-2;1-2/h8-11H,5-7H2,1-4H3;9H,4-8H2,1-3H3;3-7H2,1-2H3;3*3-4H2,1-2H3;1H2. The van der Waals surface area contributed by atoms with Crippen LogP contribution < -0.4 is 4.74 Å². The van der Waals surface area contributed by atoms with Gasteiger partial charge in [0.15, 0.2) is 0 Å². The summed E-state index contributed by atoms with van der Waals surface area (Å²) in [5, 5.41) is 4.38. The first-order valence-corrected chi connectivity index (χ1v) is 21.3. The summed E-state index contributed by atoms with van der Waals surface area (Å²) in [6.07, 6.45) is 21.4. The maximum Gasteiger partial charge on any atom is 0.394 e. The van der Waals surface area contributed by atoms with E-state index in [4.69, 9.17) is 9.53 Å². The monoisotopic (exact) mass is 741 g/mol. The largest absolute Gasteiger partial charge is 0.432 e. The van der Waals surface area contributed by atoms with Crippen LogP contribution in [0.1, 0.15) is 223 Å². The Bertz CT molecular complexity index is 937. The van der Waals surface area contributed by atoms with Gasteiger partial charge in [-0.1, -0.05) is 198 Å². The molecule has 0 amide bonds. The Morgan fingerprint density at radius 1 is 0.673 bits per heavy atom. The van der Waals surface area contributed by atoms with E-state index in [2.05, 4.69) is 88.2 Å². The van der Waals surface area contributed by atoms with Gasteiger partial charge in [0.1, 0.15) is 12.5 Å². The molecular formula is C46H90F2N2O2. The smallest absolute Gasteiger partial charge is 0.394 e. The lowest BCUT2D eigenvalue weighted by Gasteiger charge is -2.18. The number of carbonyl (C=O) groups is 1. The van der Waals surface area contributed by atoms with Gasteiger partial charge in [-0.05, 0) is 50.3 Å². The molecule has 4 nitrogen and oxygen atoms in total. The molecule has 0 aliphatic carbocycles. The summed E-state index contributed by atoms with van der Waals surface area (Å²) in [6.45, 7) is 33.1. The molecule has 52 heavy (non-hydrogen) atoms. The van der Waals surface area contributed by atoms with E-state index in [0.29, 0.717) is 0 Å². The fourth-order valence-corrected chi connectivity index (χ4v) is 4.05. The fraction of sp³-hybridized carbons (Fsp3) is 0.783. The van der Waals surface area contributed by atoms with Crippen LogP contribution in [0.4, 0.5) is 8.78 Å². The number of benzene rings is 1. The number of nitrogens with zero attached hydrogens (tertiary/aromatic N) is 2. The van der Waals surface area contributed by atoms with Gasteiger partial charge in [0, 0.05) is 18.7 Å². The van der Waals surface area contributed by atoms with Gasteiger partial charge in [-0.2, -0.15) is 13.9 Å². The van der Waals surface area contributed by atoms with Crippen molar-refractivity contribution in [1.82, 2.24) is 9.78 Å². The summed E-state index contributed by atoms with van der Waals surface area (Å²) in [5.74, 6) is 1.18. The average molecular weight is 741 g/mol. The first kappa shape index (κ1) is 59.1. The highest BCUT2D eigenvalue weighted by molar-refractivity contribution is 5.45. The molecule has 0 N–H and O–H groups in total. The minimum atomic E-state index is -3.20. The van der Waals surface area contributed by atoms with E-state index in [1.165, 1.54) is 103 Å². The Labute approximate surface area is 324 Å². The lowest BCUT2D eigenvalue weighted by atomic mass is 10.0. The summed E-state index contributed by atoms with van der Waals surface area (Å²) >= 11 is 0. The lowest BCUT2D eigenvalue weighted by Crippen LogP contribution is -2.20. The molecule has 1 atom stereocenters. The number of alkyl halides is 2. The van der Waals surface area contributed by atoms with E-state index in [1.807, 2.05) is 38.8 Å². The van der Waals surface area contributed by atoms with Gasteiger partial charge in [-0.25, -0.2) is 4.68 Å². The van der Waals surface area contributed by atoms with Crippen LogP contribution in [0, 0.1) is 19.8 Å². The molecule has 0 saturated carbocycles. The van der Waals surface area contributed by atoms with Crippen LogP contribution in [-0.2, 0) is 11.2 Å². The Morgan fingerprint density at radius 2 is 1.12 bits per heavy atom. The molecular weight excluding hydrogens is 651 g/mol. The number of rotatable bonds is 18. The van der Waals surface area contributed by atoms with Crippen LogP contribution in [0.2, 0.25) is 0 Å². The molecule has 0 aliphatic rings. The summed E-state index contributed by atoms with van der Waals surface area (Å²) in [7, 11) is 0. The molecule has 1 heterocycles. The van der Waals surface area contributed by atoms with Crippen LogP contribution in [-0.4, -0.2) is 22.7 Å². The second-order valence-electron chi connectivity index (χ2n) is 13.7. The highest BCUT2D eigenvalue weighted by Crippen LogP contribution is 2.29. The molecule has 2 rings (SSSR count). The average Bonchev–Trinajstić information content (AvgIpc) is 3.49. The molecule has 310 valence electrons. The number of ether oxygens (including phenoxy) is 1. The van der Waals surface area contributed by atoms with E-state index in [-0.39, 0.29) is 5.75 Å². The molecule has 2 aromatic rings. The number of halogens is 2. The van der Waals surface area contributed by atoms with Gasteiger partial charge in [0.05, 0.1) is 11.4 Å². The molecule has 1 aromatic heterocycles. The third-order valence-corrected chi connectivity index (χ3v) is 8.10. The van der Waals surface area contributed by atoms with Gasteiger partial charge in [-0.15, -0.1) is 0 Å². The molecule has 0 spiro atoms. The van der Waals surface area contributed by atoms with Gasteiger partial charge in [-0.3, -0.25) is 0 Å². The number of aryl methyl sites for hydroxylation is 3. The van der Waals surface area contributed by atoms with E-state index in [9.17, 15) is 8.78 Å². The molecule has 1 aromatic carbocycles. The van der Waals surface area contributed by atoms with E-state index in [0.717, 1.165) is 54.7 Å². The van der Waals surface area contributed by atoms with Crippen molar-refractivity contribution in [3.8, 4) is 11.4 Å². The topological polar surface area (TPSA) is 44.1 Å². The molecule has 1 unspecified atom stereocenters. The van der Waals surface area contributed by atoms with Gasteiger partial charge >= 0.3 is 6.11 Å². The quantitative estimate of drug-likeness (QED) is 0.143. The van der Waals surface area contributed by atoms with Crippen molar-refractivity contribution in [2.24, 2.45) is 5.92 Å². The Balaban J connectivity index is -0.000000203. The summed E-state index contributed by atoms with van der Waals surface area (Å²) in [5.41, 5.74) is 3.36. The second-order valence-corrected chi connectivity index (χ2v) is 13.7. The number of hydrogen-bond acceptors (Lipinski definition) is 3. The number of carbonyl (C=O) groups excluding carboxylic acids is 1. The van der Waals surface area contributed by atoms with Gasteiger partial charge < -0.3 is 9.53 Å². The van der Waals surface area contributed by atoms with Crippen molar-refractivity contribution in [3.63, 3.8) is 0 Å². The SMILES string of the molecule is C=O.CCCC.CCCC.CCCC.CCCCCC(C)CC.CCCCCCC.CCCCc1ccc(-n2nc(C)cc2C)cc1OC(C)(F)F. The molecule has 0 bridgehead atoms. The first-order chi connectivity index (χ1) is 24.8. The molecule has 6 heteroatoms. The second kappa shape index (κ2) is 44.9. The van der Waals surface area contributed by atoms with Crippen molar-refractivity contribution in [1.29, 1.82) is 0 Å². The third-order valence-electron chi connectivity index (χ3n) is 8.10. The zero-order valence-electron chi connectivity index (χ0n) is 37.5. The van der Waals surface area contributed by atoms with Crippen molar-refractivity contribution >= 4 is 6.79 Å². The normalized spacial score (nSPS) is 10.4. The Hall–Kier alpha value is -2.24. The molecule has 0 fully saturated rings. The van der Waals surface area contributed by atoms with Crippen molar-refractivity contribution < 1.29 is 18.3 Å². The highest BCUT2D eigenvalue weighted by Gasteiger charge is 2.25. The zero-order valence-corrected chi connectivity index (χ0v) is 37.5. The Kier molecular flexibility index (Phi) is 51.0. The summed E-state index contributed by atoms with van der Waals surface area (Å²) in [4.78, 5) is 8.00. The number of unbranched alkanes of at least 4 members (excludes halogenated alkanes) is 10. The summed E-state index contributed by atoms with van der Waals surface area (Å²) < 4.78 is 33.2. The predicted octanol–water partition coefficient (Wildman–Crippen LogP) is 16.6. The van der Waals surface area contributed by atoms with Crippen LogP contribution in [0.3, 0.4) is 0 Å². The first-order valence-electron chi connectivity index (χ1n) is 21.3. The third kappa shape index (κ3) is 42.2. The van der Waals surface area contributed by atoms with E-state index >= 15 is 0 Å². The minimum Gasteiger partial charge on any atom is -0.432 e. The Morgan fingerprint density at radius 3 is 1.46 bits per heavy atom. The van der Waals surface area contributed by atoms with Crippen molar-refractivity contribution in [2.45, 2.75) is 232 Å². The van der Waals surface area contributed by atoms with Crippen molar-refractivity contribution in [3.05, 3.63) is 41.2 Å². The molecule has 0 aliphatic heterocycles. The summed E-state index contributed by atoms with van der Waals surface area (Å²) in [6, 6.07) is 7.33. The number of hydrogen-bond donors (Lipinski definition) is 0. The fourth-order valence-electron chi connectivity index (χ4n) is 4.05. The maximum absolute atomic E-state index is 13.3. The van der Waals surface area contributed by atoms with Gasteiger partial charge in [0.25, 0.3) is 0 Å². The highest BCUT2D eigenvalue weighted by atomic mass is 19.3. The molecule has 0 radical (unpaired) electrons.